The molecule has 148 valence electrons. The maximum Gasteiger partial charge on any atom is 0.0186 e. The minimum atomic E-state index is 0.00211. The largest absolute Gasteiger partial charge is 0.326 e. The summed E-state index contributed by atoms with van der Waals surface area (Å²) in [5.74, 6) is 0. The highest BCUT2D eigenvalue weighted by molar-refractivity contribution is 5.82. The summed E-state index contributed by atoms with van der Waals surface area (Å²) < 4.78 is 0. The van der Waals surface area contributed by atoms with E-state index in [0.717, 1.165) is 11.1 Å². The Labute approximate surface area is 167 Å². The van der Waals surface area contributed by atoms with E-state index in [9.17, 15) is 0 Å². The van der Waals surface area contributed by atoms with Gasteiger partial charge in [-0.25, -0.2) is 0 Å². The molecular weight excluding hydrogens is 326 g/mol. The molecule has 0 bridgehead atoms. The van der Waals surface area contributed by atoms with Crippen molar-refractivity contribution in [2.24, 2.45) is 11.1 Å². The second kappa shape index (κ2) is 8.89. The highest BCUT2D eigenvalue weighted by Gasteiger charge is 2.37. The summed E-state index contributed by atoms with van der Waals surface area (Å²) in [4.78, 5) is 0. The Hall–Kier alpha value is -1.86. The molecule has 0 amide bonds. The van der Waals surface area contributed by atoms with Crippen molar-refractivity contribution >= 4 is 5.57 Å². The summed E-state index contributed by atoms with van der Waals surface area (Å²) in [5.41, 5.74) is 14.8. The van der Waals surface area contributed by atoms with Gasteiger partial charge in [0.15, 0.2) is 0 Å². The summed E-state index contributed by atoms with van der Waals surface area (Å²) in [6.45, 7) is 25.0. The first-order chi connectivity index (χ1) is 12.3. The molecule has 0 saturated heterocycles. The average Bonchev–Trinajstić information content (AvgIpc) is 2.53. The third-order valence-electron chi connectivity index (χ3n) is 5.92. The van der Waals surface area contributed by atoms with Crippen molar-refractivity contribution in [3.63, 3.8) is 0 Å². The monoisotopic (exact) mass is 365 g/mol. The van der Waals surface area contributed by atoms with Gasteiger partial charge in [0.2, 0.25) is 0 Å². The molecule has 2 N–H and O–H groups in total. The van der Waals surface area contributed by atoms with Gasteiger partial charge in [-0.3, -0.25) is 0 Å². The minimum Gasteiger partial charge on any atom is -0.326 e. The number of rotatable bonds is 6. The number of nitrogens with two attached hydrogens (primary N) is 1. The Balaban J connectivity index is 3.58. The van der Waals surface area contributed by atoms with E-state index >= 15 is 0 Å². The lowest BCUT2D eigenvalue weighted by molar-refractivity contribution is 0.224. The van der Waals surface area contributed by atoms with Crippen molar-refractivity contribution in [1.29, 1.82) is 0 Å². The van der Waals surface area contributed by atoms with Crippen LogP contribution in [0, 0.1) is 12.3 Å². The van der Waals surface area contributed by atoms with Crippen molar-refractivity contribution < 1.29 is 0 Å². The second-order valence-corrected chi connectivity index (χ2v) is 9.32. The van der Waals surface area contributed by atoms with Crippen LogP contribution >= 0.6 is 0 Å². The third kappa shape index (κ3) is 5.32. The lowest BCUT2D eigenvalue weighted by Gasteiger charge is -2.42. The van der Waals surface area contributed by atoms with Gasteiger partial charge in [0.05, 0.1) is 0 Å². The fraction of sp³-hybridized carbons (Fsp3) is 0.462. The Morgan fingerprint density at radius 2 is 1.67 bits per heavy atom. The van der Waals surface area contributed by atoms with Crippen LogP contribution in [0.4, 0.5) is 0 Å². The van der Waals surface area contributed by atoms with Gasteiger partial charge >= 0.3 is 0 Å². The quantitative estimate of drug-likeness (QED) is 0.533. The molecule has 0 unspecified atom stereocenters. The molecule has 1 rings (SSSR count). The molecule has 1 aromatic rings. The Kier molecular flexibility index (Phi) is 7.63. The molecular formula is C26H39N. The van der Waals surface area contributed by atoms with Gasteiger partial charge in [-0.15, -0.1) is 0 Å². The number of allylic oxidation sites excluding steroid dienone is 5. The molecule has 0 aliphatic carbocycles. The van der Waals surface area contributed by atoms with Crippen LogP contribution in [0.5, 0.6) is 0 Å². The van der Waals surface area contributed by atoms with Crippen LogP contribution in [-0.4, -0.2) is 6.54 Å². The van der Waals surface area contributed by atoms with Gasteiger partial charge in [0, 0.05) is 6.54 Å². The number of hydrogen-bond donors (Lipinski definition) is 1. The predicted octanol–water partition coefficient (Wildman–Crippen LogP) is 7.13. The highest BCUT2D eigenvalue weighted by Crippen LogP contribution is 2.45. The van der Waals surface area contributed by atoms with E-state index in [1.54, 1.807) is 0 Å². The van der Waals surface area contributed by atoms with E-state index in [4.69, 9.17) is 5.73 Å². The van der Waals surface area contributed by atoms with Crippen molar-refractivity contribution in [1.82, 2.24) is 0 Å². The Bertz CT molecular complexity index is 773. The standard InChI is InChI=1S/C26H39N/c1-18(2)13-11-14-19(3)23(17-27)21(5)22-16-12-15-20(4)24(22)26(9,10)25(6,7)8/h11-16H,5,17,27H2,1-4,6-10H3/b14-11-,23-19-. The zero-order valence-corrected chi connectivity index (χ0v) is 19.0. The van der Waals surface area contributed by atoms with Crippen molar-refractivity contribution in [3.8, 4) is 0 Å². The molecule has 0 heterocycles. The van der Waals surface area contributed by atoms with E-state index in [2.05, 4.69) is 105 Å². The average molecular weight is 366 g/mol. The van der Waals surface area contributed by atoms with Crippen LogP contribution in [0.15, 0.2) is 59.7 Å². The zero-order chi connectivity index (χ0) is 21.0. The molecule has 0 spiro atoms. The maximum absolute atomic E-state index is 6.16. The molecule has 0 atom stereocenters. The molecule has 0 aromatic heterocycles. The van der Waals surface area contributed by atoms with Crippen LogP contribution in [0.2, 0.25) is 0 Å². The van der Waals surface area contributed by atoms with Crippen LogP contribution < -0.4 is 5.73 Å². The summed E-state index contributed by atoms with van der Waals surface area (Å²) in [6.07, 6.45) is 6.33. The maximum atomic E-state index is 6.16. The lowest BCUT2D eigenvalue weighted by atomic mass is 9.62. The number of hydrogen-bond acceptors (Lipinski definition) is 1. The summed E-state index contributed by atoms with van der Waals surface area (Å²) in [5, 5.41) is 0. The third-order valence-corrected chi connectivity index (χ3v) is 5.92. The topological polar surface area (TPSA) is 26.0 Å². The summed E-state index contributed by atoms with van der Waals surface area (Å²) >= 11 is 0. The van der Waals surface area contributed by atoms with Crippen LogP contribution in [-0.2, 0) is 5.41 Å². The van der Waals surface area contributed by atoms with Crippen molar-refractivity contribution in [2.45, 2.75) is 67.7 Å². The van der Waals surface area contributed by atoms with E-state index in [0.29, 0.717) is 6.54 Å². The zero-order valence-electron chi connectivity index (χ0n) is 19.0. The fourth-order valence-electron chi connectivity index (χ4n) is 3.29. The van der Waals surface area contributed by atoms with Gasteiger partial charge in [0.25, 0.3) is 0 Å². The van der Waals surface area contributed by atoms with Crippen molar-refractivity contribution in [3.05, 3.63) is 76.4 Å². The molecule has 1 aromatic carbocycles. The van der Waals surface area contributed by atoms with Crippen LogP contribution in [0.25, 0.3) is 5.57 Å². The summed E-state index contributed by atoms with van der Waals surface area (Å²) in [7, 11) is 0. The van der Waals surface area contributed by atoms with E-state index in [1.807, 2.05) is 0 Å². The van der Waals surface area contributed by atoms with Crippen molar-refractivity contribution in [2.75, 3.05) is 6.54 Å². The van der Waals surface area contributed by atoms with Gasteiger partial charge < -0.3 is 5.73 Å². The van der Waals surface area contributed by atoms with Gasteiger partial charge in [0.1, 0.15) is 0 Å². The first kappa shape index (κ1) is 23.2. The lowest BCUT2D eigenvalue weighted by Crippen LogP contribution is -2.35. The molecule has 0 fully saturated rings. The minimum absolute atomic E-state index is 0.00211. The smallest absolute Gasteiger partial charge is 0.0186 e. The SMILES string of the molecule is C=C(/C(CN)=C(C)\C=C/C=C(C)C)c1cccc(C)c1C(C)(C)C(C)(C)C. The fourth-order valence-corrected chi connectivity index (χ4v) is 3.29. The van der Waals surface area contributed by atoms with E-state index in [1.165, 1.54) is 27.8 Å². The molecule has 1 heteroatoms. The normalized spacial score (nSPS) is 13.6. The first-order valence-electron chi connectivity index (χ1n) is 9.85. The first-order valence-corrected chi connectivity index (χ1v) is 9.85. The molecule has 1 nitrogen and oxygen atoms in total. The van der Waals surface area contributed by atoms with E-state index < -0.39 is 0 Å². The second-order valence-electron chi connectivity index (χ2n) is 9.32. The molecule has 0 saturated carbocycles. The van der Waals surface area contributed by atoms with Gasteiger partial charge in [-0.2, -0.15) is 0 Å². The van der Waals surface area contributed by atoms with Crippen LogP contribution in [0.1, 0.15) is 72.1 Å². The predicted molar refractivity (Wildman–Crippen MR) is 123 cm³/mol. The van der Waals surface area contributed by atoms with Gasteiger partial charge in [-0.1, -0.05) is 83.2 Å². The van der Waals surface area contributed by atoms with Gasteiger partial charge in [-0.05, 0) is 71.9 Å². The number of benzene rings is 1. The van der Waals surface area contributed by atoms with E-state index in [-0.39, 0.29) is 10.8 Å². The molecule has 0 radical (unpaired) electrons. The van der Waals surface area contributed by atoms with Crippen LogP contribution in [0.3, 0.4) is 0 Å². The molecule has 0 aliphatic rings. The Morgan fingerprint density at radius 3 is 2.15 bits per heavy atom. The highest BCUT2D eigenvalue weighted by atomic mass is 14.5. The molecule has 27 heavy (non-hydrogen) atoms. The summed E-state index contributed by atoms with van der Waals surface area (Å²) in [6, 6.07) is 6.52. The molecule has 0 aliphatic heterocycles. The number of aryl methyl sites for hydroxylation is 1. The Morgan fingerprint density at radius 1 is 1.07 bits per heavy atom.